The van der Waals surface area contributed by atoms with Gasteiger partial charge in [-0.3, -0.25) is 14.1 Å². The number of carbonyl (C=O) groups is 2. The molecule has 1 aliphatic heterocycles. The summed E-state index contributed by atoms with van der Waals surface area (Å²) in [6, 6.07) is 0. The summed E-state index contributed by atoms with van der Waals surface area (Å²) in [5.41, 5.74) is 0. The van der Waals surface area contributed by atoms with Gasteiger partial charge in [-0.25, -0.2) is 0 Å². The molecule has 0 aromatic rings. The molecule has 1 saturated heterocycles. The van der Waals surface area contributed by atoms with Gasteiger partial charge in [-0.15, -0.1) is 0 Å². The van der Waals surface area contributed by atoms with Crippen LogP contribution in [0.3, 0.4) is 0 Å². The molecule has 0 radical (unpaired) electrons. The minimum Gasteiger partial charge on any atom is -0.462 e. The molecular weight excluding hydrogens is 765 g/mol. The van der Waals surface area contributed by atoms with E-state index in [1.165, 1.54) is 44.9 Å². The van der Waals surface area contributed by atoms with Gasteiger partial charge < -0.3 is 34.3 Å². The molecule has 1 aliphatic rings. The van der Waals surface area contributed by atoms with E-state index in [-0.39, 0.29) is 19.4 Å². The molecule has 0 aromatic carbocycles. The SMILES string of the molecule is CCC/C=C/C/C=C/C/C=C/C/C=C/CCCCCC(=O)OC[C@H](CO[C@H]1O[C@H](CS(=O)(=O)O)[C@@H](O)C(O)C1O)OC(=O)CCCCC/C=C/CCCCCCCC. The van der Waals surface area contributed by atoms with Crippen LogP contribution in [0.5, 0.6) is 0 Å². The predicted octanol–water partition coefficient (Wildman–Crippen LogP) is 8.56. The summed E-state index contributed by atoms with van der Waals surface area (Å²) < 4.78 is 53.9. The second-order valence-corrected chi connectivity index (χ2v) is 16.5. The lowest BCUT2D eigenvalue weighted by Gasteiger charge is -2.40. The van der Waals surface area contributed by atoms with Crippen molar-refractivity contribution in [2.24, 2.45) is 0 Å². The molecule has 2 unspecified atom stereocenters. The highest BCUT2D eigenvalue weighted by Gasteiger charge is 2.46. The normalized spacial score (nSPS) is 21.0. The Hall–Kier alpha value is -2.65. The summed E-state index contributed by atoms with van der Waals surface area (Å²) in [4.78, 5) is 25.3. The van der Waals surface area contributed by atoms with Gasteiger partial charge in [0, 0.05) is 12.8 Å². The predicted molar refractivity (Wildman–Crippen MR) is 229 cm³/mol. The van der Waals surface area contributed by atoms with E-state index in [4.69, 9.17) is 18.9 Å². The summed E-state index contributed by atoms with van der Waals surface area (Å²) in [6.07, 6.45) is 32.7. The maximum Gasteiger partial charge on any atom is 0.306 e. The number of aliphatic hydroxyl groups excluding tert-OH is 3. The van der Waals surface area contributed by atoms with Crippen molar-refractivity contribution in [3.8, 4) is 0 Å². The van der Waals surface area contributed by atoms with Gasteiger partial charge in [0.15, 0.2) is 12.4 Å². The molecule has 0 amide bonds. The first kappa shape index (κ1) is 53.4. The van der Waals surface area contributed by atoms with Crippen LogP contribution in [0.25, 0.3) is 0 Å². The van der Waals surface area contributed by atoms with Gasteiger partial charge in [-0.2, -0.15) is 8.42 Å². The standard InChI is InChI=1S/C45H76O12S/c1-3-5-7-9-11-13-15-17-18-19-20-22-23-25-27-29-31-33-40(46)54-35-38(36-55-45-44(50)43(49)42(48)39(57-45)37-58(51,52)53)56-41(47)34-32-30-28-26-24-21-16-14-12-10-8-6-4-2/h7,9,13,15,18-19,21-24,38-39,42-45,48-50H,3-6,8,10-12,14,16-17,20,25-37H2,1-2H3,(H,51,52,53)/b9-7+,15-13+,19-18+,23-22+,24-21+/t38-,39-,42-,43?,44?,45+/m1/s1. The van der Waals surface area contributed by atoms with Crippen LogP contribution in [0, 0.1) is 0 Å². The fourth-order valence-corrected chi connectivity index (χ4v) is 6.82. The number of esters is 2. The molecular formula is C45H76O12S. The third-order valence-electron chi connectivity index (χ3n) is 9.55. The van der Waals surface area contributed by atoms with Crippen LogP contribution in [0.15, 0.2) is 60.8 Å². The van der Waals surface area contributed by atoms with E-state index in [1.54, 1.807) is 0 Å². The lowest BCUT2D eigenvalue weighted by Crippen LogP contribution is -2.60. The second kappa shape index (κ2) is 35.1. The topological polar surface area (TPSA) is 186 Å². The van der Waals surface area contributed by atoms with E-state index in [0.29, 0.717) is 12.8 Å². The molecule has 334 valence electrons. The molecule has 0 aliphatic carbocycles. The summed E-state index contributed by atoms with van der Waals surface area (Å²) in [6.45, 7) is 3.62. The zero-order valence-corrected chi connectivity index (χ0v) is 36.2. The van der Waals surface area contributed by atoms with E-state index in [0.717, 1.165) is 70.6 Å². The third-order valence-corrected chi connectivity index (χ3v) is 10.3. The van der Waals surface area contributed by atoms with Gasteiger partial charge in [-0.05, 0) is 77.0 Å². The molecule has 58 heavy (non-hydrogen) atoms. The first-order chi connectivity index (χ1) is 28.0. The van der Waals surface area contributed by atoms with Crippen LogP contribution >= 0.6 is 0 Å². The van der Waals surface area contributed by atoms with E-state index in [9.17, 15) is 37.9 Å². The smallest absolute Gasteiger partial charge is 0.306 e. The number of hydrogen-bond acceptors (Lipinski definition) is 11. The average Bonchev–Trinajstić information content (AvgIpc) is 3.18. The Balaban J connectivity index is 2.50. The lowest BCUT2D eigenvalue weighted by molar-refractivity contribution is -0.297. The number of carbonyl (C=O) groups excluding carboxylic acids is 2. The van der Waals surface area contributed by atoms with Crippen LogP contribution < -0.4 is 0 Å². The summed E-state index contributed by atoms with van der Waals surface area (Å²) in [7, 11) is -4.61. The van der Waals surface area contributed by atoms with Gasteiger partial charge in [0.25, 0.3) is 10.1 Å². The monoisotopic (exact) mass is 841 g/mol. The zero-order valence-electron chi connectivity index (χ0n) is 35.4. The Kier molecular flexibility index (Phi) is 32.3. The van der Waals surface area contributed by atoms with Crippen molar-refractivity contribution in [1.29, 1.82) is 0 Å². The van der Waals surface area contributed by atoms with Crippen molar-refractivity contribution in [2.45, 2.75) is 192 Å². The molecule has 1 heterocycles. The molecule has 0 saturated carbocycles. The first-order valence-corrected chi connectivity index (χ1v) is 23.5. The van der Waals surface area contributed by atoms with Gasteiger partial charge in [0.2, 0.25) is 0 Å². The van der Waals surface area contributed by atoms with Crippen molar-refractivity contribution in [2.75, 3.05) is 19.0 Å². The van der Waals surface area contributed by atoms with Gasteiger partial charge >= 0.3 is 11.9 Å². The second-order valence-electron chi connectivity index (χ2n) is 15.0. The molecule has 0 spiro atoms. The van der Waals surface area contributed by atoms with Gasteiger partial charge in [0.1, 0.15) is 36.8 Å². The lowest BCUT2D eigenvalue weighted by atomic mass is 10.00. The van der Waals surface area contributed by atoms with Crippen LogP contribution in [-0.2, 0) is 38.7 Å². The van der Waals surface area contributed by atoms with Crippen molar-refractivity contribution in [1.82, 2.24) is 0 Å². The van der Waals surface area contributed by atoms with Crippen molar-refractivity contribution >= 4 is 22.1 Å². The van der Waals surface area contributed by atoms with Crippen LogP contribution in [0.2, 0.25) is 0 Å². The molecule has 6 atom stereocenters. The van der Waals surface area contributed by atoms with E-state index in [2.05, 4.69) is 74.6 Å². The Morgan fingerprint density at radius 1 is 0.586 bits per heavy atom. The largest absolute Gasteiger partial charge is 0.462 e. The Morgan fingerprint density at radius 3 is 1.62 bits per heavy atom. The van der Waals surface area contributed by atoms with Crippen molar-refractivity contribution in [3.63, 3.8) is 0 Å². The first-order valence-electron chi connectivity index (χ1n) is 21.8. The van der Waals surface area contributed by atoms with Crippen LogP contribution in [0.4, 0.5) is 0 Å². The minimum atomic E-state index is -4.61. The molecule has 4 N–H and O–H groups in total. The number of aliphatic hydroxyl groups is 3. The summed E-state index contributed by atoms with van der Waals surface area (Å²) in [5, 5.41) is 30.8. The number of rotatable bonds is 35. The number of hydrogen-bond donors (Lipinski definition) is 4. The molecule has 13 heteroatoms. The fraction of sp³-hybridized carbons (Fsp3) is 0.733. The molecule has 1 fully saturated rings. The summed E-state index contributed by atoms with van der Waals surface area (Å²) >= 11 is 0. The molecule has 0 bridgehead atoms. The fourth-order valence-electron chi connectivity index (χ4n) is 6.13. The van der Waals surface area contributed by atoms with Crippen molar-refractivity contribution in [3.05, 3.63) is 60.8 Å². The summed E-state index contributed by atoms with van der Waals surface area (Å²) in [5.74, 6) is -2.05. The highest BCUT2D eigenvalue weighted by Crippen LogP contribution is 2.24. The van der Waals surface area contributed by atoms with E-state index in [1.807, 2.05) is 0 Å². The molecule has 0 aromatic heterocycles. The van der Waals surface area contributed by atoms with E-state index >= 15 is 0 Å². The van der Waals surface area contributed by atoms with Gasteiger partial charge in [0.05, 0.1) is 6.61 Å². The Labute approximate surface area is 349 Å². The van der Waals surface area contributed by atoms with Gasteiger partial charge in [-0.1, -0.05) is 126 Å². The van der Waals surface area contributed by atoms with Crippen LogP contribution in [-0.4, -0.2) is 96.0 Å². The third kappa shape index (κ3) is 29.5. The Morgan fingerprint density at radius 2 is 1.07 bits per heavy atom. The number of unbranched alkanes of at least 4 members (excludes halogenated alkanes) is 13. The number of allylic oxidation sites excluding steroid dienone is 10. The molecule has 1 rings (SSSR count). The molecule has 12 nitrogen and oxygen atoms in total. The highest BCUT2D eigenvalue weighted by atomic mass is 32.2. The van der Waals surface area contributed by atoms with Crippen molar-refractivity contribution < 1.29 is 56.8 Å². The Bertz CT molecular complexity index is 1310. The quantitative estimate of drug-likeness (QED) is 0.0207. The average molecular weight is 841 g/mol. The highest BCUT2D eigenvalue weighted by molar-refractivity contribution is 7.85. The maximum absolute atomic E-state index is 12.8. The van der Waals surface area contributed by atoms with E-state index < -0.39 is 71.2 Å². The number of ether oxygens (including phenoxy) is 4. The van der Waals surface area contributed by atoms with Crippen LogP contribution in [0.1, 0.15) is 155 Å². The zero-order chi connectivity index (χ0) is 42.7. The maximum atomic E-state index is 12.8. The minimum absolute atomic E-state index is 0.134.